The Morgan fingerprint density at radius 3 is 2.64 bits per heavy atom. The van der Waals surface area contributed by atoms with Gasteiger partial charge in [-0.3, -0.25) is 4.79 Å². The molecule has 0 aliphatic carbocycles. The van der Waals surface area contributed by atoms with Crippen molar-refractivity contribution >= 4 is 33.6 Å². The summed E-state index contributed by atoms with van der Waals surface area (Å²) in [7, 11) is 0. The Bertz CT molecular complexity index is 1190. The first kappa shape index (κ1) is 16.6. The number of hydrogen-bond donors (Lipinski definition) is 0. The van der Waals surface area contributed by atoms with Crippen LogP contribution in [0.15, 0.2) is 82.3 Å². The zero-order chi connectivity index (χ0) is 18.9. The second-order valence-corrected chi connectivity index (χ2v) is 6.72. The summed E-state index contributed by atoms with van der Waals surface area (Å²) in [6.45, 7) is 0.532. The van der Waals surface area contributed by atoms with E-state index in [1.165, 1.54) is 5.01 Å². The molecule has 1 aliphatic heterocycles. The number of hydrogen-bond acceptors (Lipinski definition) is 4. The van der Waals surface area contributed by atoms with E-state index in [0.29, 0.717) is 12.3 Å². The molecule has 0 spiro atoms. The summed E-state index contributed by atoms with van der Waals surface area (Å²) >= 11 is 0. The van der Waals surface area contributed by atoms with Crippen molar-refractivity contribution in [3.05, 3.63) is 78.4 Å². The van der Waals surface area contributed by atoms with E-state index in [2.05, 4.69) is 5.10 Å². The van der Waals surface area contributed by atoms with E-state index in [1.807, 2.05) is 72.8 Å². The van der Waals surface area contributed by atoms with Gasteiger partial charge in [-0.15, -0.1) is 0 Å². The largest absolute Gasteiger partial charge is 0.484 e. The quantitative estimate of drug-likeness (QED) is 0.527. The number of amides is 1. The van der Waals surface area contributed by atoms with E-state index >= 15 is 0 Å². The first-order valence-corrected chi connectivity index (χ1v) is 9.25. The highest BCUT2D eigenvalue weighted by molar-refractivity contribution is 6.05. The third-order valence-corrected chi connectivity index (χ3v) is 4.91. The van der Waals surface area contributed by atoms with Gasteiger partial charge >= 0.3 is 0 Å². The van der Waals surface area contributed by atoms with Crippen molar-refractivity contribution in [2.75, 3.05) is 13.2 Å². The second kappa shape index (κ2) is 6.85. The predicted octanol–water partition coefficient (Wildman–Crippen LogP) is 4.60. The van der Waals surface area contributed by atoms with Gasteiger partial charge in [0.05, 0.1) is 12.3 Å². The Labute approximate surface area is 161 Å². The summed E-state index contributed by atoms with van der Waals surface area (Å²) < 4.78 is 11.6. The van der Waals surface area contributed by atoms with E-state index in [-0.39, 0.29) is 12.5 Å². The minimum Gasteiger partial charge on any atom is -0.484 e. The molecule has 3 aromatic carbocycles. The molecule has 0 bridgehead atoms. The lowest BCUT2D eigenvalue weighted by atomic mass is 10.1. The fraction of sp³-hybridized carbons (Fsp3) is 0.130. The molecule has 1 aliphatic rings. The predicted molar refractivity (Wildman–Crippen MR) is 109 cm³/mol. The summed E-state index contributed by atoms with van der Waals surface area (Å²) in [5.74, 6) is 0.488. The molecule has 1 aromatic heterocycles. The van der Waals surface area contributed by atoms with E-state index < -0.39 is 0 Å². The summed E-state index contributed by atoms with van der Waals surface area (Å²) in [5, 5.41) is 7.96. The van der Waals surface area contributed by atoms with Gasteiger partial charge in [0, 0.05) is 17.2 Å². The average Bonchev–Trinajstić information content (AvgIpc) is 3.38. The Hall–Kier alpha value is -3.60. The van der Waals surface area contributed by atoms with Crippen LogP contribution >= 0.6 is 0 Å². The number of furan rings is 1. The molecule has 4 aromatic rings. The SMILES string of the molecule is O=C(COc1ccc2oc3ccccc3c2c1)N1CCC(c2ccccc2)=N1. The number of hydrazone groups is 1. The van der Waals surface area contributed by atoms with Gasteiger partial charge in [-0.1, -0.05) is 48.5 Å². The molecule has 0 unspecified atom stereocenters. The lowest BCUT2D eigenvalue weighted by molar-refractivity contribution is -0.132. The topological polar surface area (TPSA) is 55.0 Å². The van der Waals surface area contributed by atoms with Crippen LogP contribution in [0, 0.1) is 0 Å². The molecule has 0 radical (unpaired) electrons. The van der Waals surface area contributed by atoms with Crippen LogP contribution in [0.1, 0.15) is 12.0 Å². The summed E-state index contributed by atoms with van der Waals surface area (Å²) in [6, 6.07) is 23.4. The number of carbonyl (C=O) groups excluding carboxylic acids is 1. The fourth-order valence-corrected chi connectivity index (χ4v) is 3.49. The number of benzene rings is 3. The maximum absolute atomic E-state index is 12.5. The molecule has 5 heteroatoms. The van der Waals surface area contributed by atoms with Gasteiger partial charge in [0.15, 0.2) is 6.61 Å². The van der Waals surface area contributed by atoms with Gasteiger partial charge in [0.2, 0.25) is 0 Å². The highest BCUT2D eigenvalue weighted by Gasteiger charge is 2.22. The maximum Gasteiger partial charge on any atom is 0.280 e. The normalized spacial score (nSPS) is 13.9. The van der Waals surface area contributed by atoms with Gasteiger partial charge in [-0.05, 0) is 29.8 Å². The van der Waals surface area contributed by atoms with E-state index in [4.69, 9.17) is 9.15 Å². The Balaban J connectivity index is 1.30. The lowest BCUT2D eigenvalue weighted by Gasteiger charge is -2.12. The van der Waals surface area contributed by atoms with Gasteiger partial charge in [0.25, 0.3) is 5.91 Å². The van der Waals surface area contributed by atoms with E-state index in [9.17, 15) is 4.79 Å². The second-order valence-electron chi connectivity index (χ2n) is 6.72. The van der Waals surface area contributed by atoms with Crippen molar-refractivity contribution in [2.45, 2.75) is 6.42 Å². The highest BCUT2D eigenvalue weighted by Crippen LogP contribution is 2.31. The highest BCUT2D eigenvalue weighted by atomic mass is 16.5. The average molecular weight is 370 g/mol. The molecular weight excluding hydrogens is 352 g/mol. The molecule has 5 rings (SSSR count). The standard InChI is InChI=1S/C23H18N2O3/c26-23(25-13-12-20(24-25)16-6-2-1-3-7-16)15-27-17-10-11-22-19(14-17)18-8-4-5-9-21(18)28-22/h1-11,14H,12-13,15H2. The van der Waals surface area contributed by atoms with Crippen molar-refractivity contribution in [3.8, 4) is 5.75 Å². The van der Waals surface area contributed by atoms with Crippen molar-refractivity contribution in [3.63, 3.8) is 0 Å². The first-order chi connectivity index (χ1) is 13.8. The number of rotatable bonds is 4. The van der Waals surface area contributed by atoms with Crippen LogP contribution in [0.5, 0.6) is 5.75 Å². The lowest BCUT2D eigenvalue weighted by Crippen LogP contribution is -2.28. The minimum absolute atomic E-state index is 0.0487. The maximum atomic E-state index is 12.5. The minimum atomic E-state index is -0.150. The fourth-order valence-electron chi connectivity index (χ4n) is 3.49. The van der Waals surface area contributed by atoms with Crippen LogP contribution in [0.4, 0.5) is 0 Å². The van der Waals surface area contributed by atoms with Crippen molar-refractivity contribution in [1.82, 2.24) is 5.01 Å². The molecule has 0 fully saturated rings. The van der Waals surface area contributed by atoms with Crippen molar-refractivity contribution in [1.29, 1.82) is 0 Å². The molecule has 0 saturated carbocycles. The van der Waals surface area contributed by atoms with Gasteiger partial charge in [0.1, 0.15) is 16.9 Å². The van der Waals surface area contributed by atoms with E-state index in [1.54, 1.807) is 0 Å². The summed E-state index contributed by atoms with van der Waals surface area (Å²) in [5.41, 5.74) is 3.62. The molecular formula is C23H18N2O3. The molecule has 28 heavy (non-hydrogen) atoms. The zero-order valence-corrected chi connectivity index (χ0v) is 15.2. The zero-order valence-electron chi connectivity index (χ0n) is 15.2. The van der Waals surface area contributed by atoms with Crippen LogP contribution < -0.4 is 4.74 Å². The Kier molecular flexibility index (Phi) is 4.05. The van der Waals surface area contributed by atoms with Gasteiger partial charge in [-0.25, -0.2) is 5.01 Å². The summed E-state index contributed by atoms with van der Waals surface area (Å²) in [4.78, 5) is 12.5. The molecule has 1 amide bonds. The number of carbonyl (C=O) groups is 1. The Morgan fingerprint density at radius 2 is 1.75 bits per heavy atom. The molecule has 2 heterocycles. The molecule has 0 saturated heterocycles. The van der Waals surface area contributed by atoms with Crippen LogP contribution in [-0.2, 0) is 4.79 Å². The van der Waals surface area contributed by atoms with Gasteiger partial charge < -0.3 is 9.15 Å². The molecule has 0 N–H and O–H groups in total. The third kappa shape index (κ3) is 3.01. The Morgan fingerprint density at radius 1 is 0.964 bits per heavy atom. The monoisotopic (exact) mass is 370 g/mol. The van der Waals surface area contributed by atoms with Crippen LogP contribution in [0.2, 0.25) is 0 Å². The number of ether oxygens (including phenoxy) is 1. The van der Waals surface area contributed by atoms with Crippen LogP contribution in [0.3, 0.4) is 0 Å². The van der Waals surface area contributed by atoms with Crippen LogP contribution in [-0.4, -0.2) is 29.8 Å². The van der Waals surface area contributed by atoms with E-state index in [0.717, 1.165) is 39.6 Å². The third-order valence-electron chi connectivity index (χ3n) is 4.91. The van der Waals surface area contributed by atoms with Crippen molar-refractivity contribution < 1.29 is 13.9 Å². The van der Waals surface area contributed by atoms with Crippen molar-refractivity contribution in [2.24, 2.45) is 5.10 Å². The molecule has 5 nitrogen and oxygen atoms in total. The summed E-state index contributed by atoms with van der Waals surface area (Å²) in [6.07, 6.45) is 0.753. The smallest absolute Gasteiger partial charge is 0.280 e. The molecule has 138 valence electrons. The van der Waals surface area contributed by atoms with Crippen LogP contribution in [0.25, 0.3) is 21.9 Å². The first-order valence-electron chi connectivity index (χ1n) is 9.25. The number of para-hydroxylation sites is 1. The van der Waals surface area contributed by atoms with Gasteiger partial charge in [-0.2, -0.15) is 5.10 Å². The number of nitrogens with zero attached hydrogens (tertiary/aromatic N) is 2. The molecule has 0 atom stereocenters. The number of fused-ring (bicyclic) bond motifs is 3.